The van der Waals surface area contributed by atoms with Gasteiger partial charge in [0.05, 0.1) is 5.69 Å². The Morgan fingerprint density at radius 3 is 1.76 bits per heavy atom. The number of rotatable bonds is 6. The van der Waals surface area contributed by atoms with E-state index in [9.17, 15) is 14.7 Å². The van der Waals surface area contributed by atoms with Crippen molar-refractivity contribution in [3.63, 3.8) is 0 Å². The number of hydrogen-bond acceptors (Lipinski definition) is 6. The second kappa shape index (κ2) is 13.0. The van der Waals surface area contributed by atoms with E-state index in [1.807, 2.05) is 12.1 Å². The van der Waals surface area contributed by atoms with E-state index in [4.69, 9.17) is 14.5 Å². The number of carbonyl (C=O) groups excluding carboxylic acids is 2. The Labute approximate surface area is 276 Å². The molecule has 4 rings (SSSR count). The van der Waals surface area contributed by atoms with Crippen molar-refractivity contribution >= 4 is 23.5 Å². The summed E-state index contributed by atoms with van der Waals surface area (Å²) in [5.41, 5.74) is 3.86. The number of nitrogens with zero attached hydrogens (tertiary/aromatic N) is 2. The maximum Gasteiger partial charge on any atom is 0.331 e. The van der Waals surface area contributed by atoms with Gasteiger partial charge in [-0.2, -0.15) is 0 Å². The standard InChI is InChI=1S/C39H56N2O5/c1-36(2,3)23-25-17-19-26(20-18-25)24-41(28-15-13-12-14-16-28)33(31-34(43)45-39(10,11)46-35(31)44)40-27-21-29(37(4,5)6)32(42)30(22-27)38(7,8)9/h17-22,28,31,42H,12-16,23-24H2,1-11H3. The monoisotopic (exact) mass is 632 g/mol. The van der Waals surface area contributed by atoms with E-state index in [1.54, 1.807) is 13.8 Å². The molecule has 1 saturated carbocycles. The Bertz CT molecular complexity index is 1390. The summed E-state index contributed by atoms with van der Waals surface area (Å²) in [7, 11) is 0. The fourth-order valence-electron chi connectivity index (χ4n) is 6.55. The summed E-state index contributed by atoms with van der Waals surface area (Å²) in [5, 5.41) is 11.4. The van der Waals surface area contributed by atoms with E-state index in [1.165, 1.54) is 5.56 Å². The number of phenols is 1. The van der Waals surface area contributed by atoms with Crippen LogP contribution in [0.25, 0.3) is 0 Å². The minimum atomic E-state index is -1.36. The summed E-state index contributed by atoms with van der Waals surface area (Å²) in [6.07, 6.45) is 6.11. The van der Waals surface area contributed by atoms with E-state index >= 15 is 0 Å². The molecule has 1 saturated heterocycles. The quantitative estimate of drug-likeness (QED) is 0.148. The van der Waals surface area contributed by atoms with Crippen LogP contribution in [0.5, 0.6) is 5.75 Å². The number of aliphatic imine (C=N–C) groups is 1. The molecule has 0 bridgehead atoms. The van der Waals surface area contributed by atoms with Crippen LogP contribution < -0.4 is 0 Å². The van der Waals surface area contributed by atoms with Crippen molar-refractivity contribution in [3.8, 4) is 5.75 Å². The summed E-state index contributed by atoms with van der Waals surface area (Å²) in [5.74, 6) is -3.43. The van der Waals surface area contributed by atoms with Gasteiger partial charge in [-0.05, 0) is 58.8 Å². The number of benzene rings is 2. The van der Waals surface area contributed by atoms with Gasteiger partial charge in [-0.25, -0.2) is 4.99 Å². The summed E-state index contributed by atoms with van der Waals surface area (Å²) in [6.45, 7) is 22.6. The molecule has 1 N–H and O–H groups in total. The van der Waals surface area contributed by atoms with Crippen molar-refractivity contribution in [3.05, 3.63) is 58.7 Å². The van der Waals surface area contributed by atoms with Gasteiger partial charge in [-0.3, -0.25) is 9.59 Å². The van der Waals surface area contributed by atoms with Gasteiger partial charge >= 0.3 is 11.9 Å². The summed E-state index contributed by atoms with van der Waals surface area (Å²) >= 11 is 0. The maximum absolute atomic E-state index is 13.7. The Kier molecular flexibility index (Phi) is 10.1. The first-order valence-electron chi connectivity index (χ1n) is 16.9. The molecule has 46 heavy (non-hydrogen) atoms. The van der Waals surface area contributed by atoms with Gasteiger partial charge in [0.25, 0.3) is 5.79 Å². The highest BCUT2D eigenvalue weighted by Crippen LogP contribution is 2.42. The second-order valence-electron chi connectivity index (χ2n) is 17.0. The van der Waals surface area contributed by atoms with Gasteiger partial charge in [0.2, 0.25) is 5.92 Å². The maximum atomic E-state index is 13.7. The van der Waals surface area contributed by atoms with Crippen LogP contribution in [-0.4, -0.2) is 39.6 Å². The van der Waals surface area contributed by atoms with Gasteiger partial charge < -0.3 is 19.5 Å². The largest absolute Gasteiger partial charge is 0.507 e. The van der Waals surface area contributed by atoms with Crippen LogP contribution in [0.3, 0.4) is 0 Å². The SMILES string of the molecule is CC(C)(C)Cc1ccc(CN(C(=Nc2cc(C(C)(C)C)c(O)c(C(C)(C)C)c2)C2C(=O)OC(C)(C)OC2=O)C2CCCCC2)cc1. The number of cyclic esters (lactones) is 2. The van der Waals surface area contributed by atoms with Crippen LogP contribution >= 0.6 is 0 Å². The Hall–Kier alpha value is -3.35. The van der Waals surface area contributed by atoms with Crippen molar-refractivity contribution < 1.29 is 24.2 Å². The average molecular weight is 633 g/mol. The first-order chi connectivity index (χ1) is 21.1. The lowest BCUT2D eigenvalue weighted by Crippen LogP contribution is -2.54. The lowest BCUT2D eigenvalue weighted by Gasteiger charge is -2.41. The Balaban J connectivity index is 1.92. The zero-order chi connectivity index (χ0) is 34.2. The Morgan fingerprint density at radius 2 is 1.30 bits per heavy atom. The molecule has 2 aliphatic rings. The molecule has 0 spiro atoms. The lowest BCUT2D eigenvalue weighted by atomic mass is 9.79. The predicted octanol–water partition coefficient (Wildman–Crippen LogP) is 8.89. The van der Waals surface area contributed by atoms with Crippen molar-refractivity contribution in [2.45, 2.75) is 144 Å². The van der Waals surface area contributed by atoms with Crippen LogP contribution in [0.2, 0.25) is 0 Å². The molecule has 252 valence electrons. The first-order valence-corrected chi connectivity index (χ1v) is 16.9. The number of carbonyl (C=O) groups is 2. The lowest BCUT2D eigenvalue weighted by molar-refractivity contribution is -0.236. The van der Waals surface area contributed by atoms with Crippen molar-refractivity contribution in [2.75, 3.05) is 0 Å². The smallest absolute Gasteiger partial charge is 0.331 e. The number of aromatic hydroxyl groups is 1. The zero-order valence-electron chi connectivity index (χ0n) is 30.0. The molecule has 7 heteroatoms. The Morgan fingerprint density at radius 1 is 0.826 bits per heavy atom. The summed E-state index contributed by atoms with van der Waals surface area (Å²) < 4.78 is 11.3. The van der Waals surface area contributed by atoms with Crippen LogP contribution in [0.1, 0.15) is 131 Å². The summed E-state index contributed by atoms with van der Waals surface area (Å²) in [4.78, 5) is 34.8. The molecule has 0 unspecified atom stereocenters. The van der Waals surface area contributed by atoms with E-state index in [-0.39, 0.29) is 28.0 Å². The van der Waals surface area contributed by atoms with Gasteiger partial charge in [-0.15, -0.1) is 0 Å². The van der Waals surface area contributed by atoms with E-state index in [2.05, 4.69) is 91.5 Å². The predicted molar refractivity (Wildman–Crippen MR) is 184 cm³/mol. The van der Waals surface area contributed by atoms with Crippen LogP contribution in [0.4, 0.5) is 5.69 Å². The average Bonchev–Trinajstić information content (AvgIpc) is 2.90. The van der Waals surface area contributed by atoms with Gasteiger partial charge in [-0.1, -0.05) is 106 Å². The zero-order valence-corrected chi connectivity index (χ0v) is 30.0. The van der Waals surface area contributed by atoms with E-state index < -0.39 is 23.6 Å². The molecular weight excluding hydrogens is 576 g/mol. The normalized spacial score (nSPS) is 18.7. The number of amidine groups is 1. The fourth-order valence-corrected chi connectivity index (χ4v) is 6.55. The molecule has 1 aliphatic heterocycles. The van der Waals surface area contributed by atoms with Gasteiger partial charge in [0, 0.05) is 37.6 Å². The molecule has 7 nitrogen and oxygen atoms in total. The third kappa shape index (κ3) is 8.71. The summed E-state index contributed by atoms with van der Waals surface area (Å²) in [6, 6.07) is 12.5. The first kappa shape index (κ1) is 35.5. The van der Waals surface area contributed by atoms with E-state index in [0.29, 0.717) is 18.1 Å². The molecule has 2 fully saturated rings. The highest BCUT2D eigenvalue weighted by Gasteiger charge is 2.48. The number of ether oxygens (including phenoxy) is 2. The van der Waals surface area contributed by atoms with Crippen LogP contribution in [0.15, 0.2) is 41.4 Å². The van der Waals surface area contributed by atoms with E-state index in [0.717, 1.165) is 55.2 Å². The second-order valence-corrected chi connectivity index (χ2v) is 17.0. The van der Waals surface area contributed by atoms with Crippen molar-refractivity contribution in [1.29, 1.82) is 0 Å². The number of hydrogen-bond donors (Lipinski definition) is 1. The topological polar surface area (TPSA) is 88.4 Å². The molecule has 1 aliphatic carbocycles. The third-order valence-electron chi connectivity index (χ3n) is 8.80. The minimum Gasteiger partial charge on any atom is -0.507 e. The molecule has 0 radical (unpaired) electrons. The molecular formula is C39H56N2O5. The van der Waals surface area contributed by atoms with Crippen LogP contribution in [-0.2, 0) is 42.9 Å². The number of esters is 2. The highest BCUT2D eigenvalue weighted by atomic mass is 16.7. The van der Waals surface area contributed by atoms with Gasteiger partial charge in [0.1, 0.15) is 11.6 Å². The molecule has 0 atom stereocenters. The highest BCUT2D eigenvalue weighted by molar-refractivity contribution is 6.17. The molecule has 2 aromatic carbocycles. The number of phenolic OH excluding ortho intramolecular Hbond substituents is 1. The minimum absolute atomic E-state index is 0.0820. The van der Waals surface area contributed by atoms with Gasteiger partial charge in [0.15, 0.2) is 0 Å². The molecule has 1 heterocycles. The fraction of sp³-hybridized carbons (Fsp3) is 0.615. The van der Waals surface area contributed by atoms with Crippen molar-refractivity contribution in [1.82, 2.24) is 4.90 Å². The van der Waals surface area contributed by atoms with Crippen molar-refractivity contribution in [2.24, 2.45) is 16.3 Å². The van der Waals surface area contributed by atoms with Crippen LogP contribution in [0, 0.1) is 11.3 Å². The third-order valence-corrected chi connectivity index (χ3v) is 8.80. The molecule has 2 aromatic rings. The molecule has 0 aromatic heterocycles. The molecule has 0 amide bonds.